The Hall–Kier alpha value is -2.25. The third-order valence-corrected chi connectivity index (χ3v) is 6.50. The maximum absolute atomic E-state index is 13.3. The fraction of sp³-hybridized carbons (Fsp3) is 0.381. The van der Waals surface area contributed by atoms with E-state index in [1.54, 1.807) is 29.2 Å². The van der Waals surface area contributed by atoms with Crippen LogP contribution in [0, 0.1) is 0 Å². The number of carbonyl (C=O) groups excluding carboxylic acids is 1. The summed E-state index contributed by atoms with van der Waals surface area (Å²) in [5, 5.41) is 0.679. The second kappa shape index (κ2) is 9.05. The summed E-state index contributed by atoms with van der Waals surface area (Å²) in [5.41, 5.74) is 1.53. The van der Waals surface area contributed by atoms with Gasteiger partial charge >= 0.3 is 0 Å². The summed E-state index contributed by atoms with van der Waals surface area (Å²) in [5.74, 6) is -0.160. The van der Waals surface area contributed by atoms with Gasteiger partial charge in [-0.25, -0.2) is 8.42 Å². The number of nitrogens with zero attached hydrogens (tertiary/aromatic N) is 3. The zero-order chi connectivity index (χ0) is 21.0. The quantitative estimate of drug-likeness (QED) is 0.698. The fourth-order valence-electron chi connectivity index (χ4n) is 3.69. The molecule has 1 atom stereocenters. The maximum Gasteiger partial charge on any atom is 0.246 e. The van der Waals surface area contributed by atoms with Crippen LogP contribution in [0.2, 0.25) is 5.02 Å². The molecule has 0 N–H and O–H groups in total. The van der Waals surface area contributed by atoms with E-state index >= 15 is 0 Å². The molecule has 1 aliphatic rings. The molecule has 6 nitrogen and oxygen atoms in total. The van der Waals surface area contributed by atoms with Gasteiger partial charge in [0.1, 0.15) is 6.04 Å². The average molecular weight is 436 g/mol. The highest BCUT2D eigenvalue weighted by Gasteiger charge is 2.35. The summed E-state index contributed by atoms with van der Waals surface area (Å²) in [6.45, 7) is 4.26. The summed E-state index contributed by atoms with van der Waals surface area (Å²) < 4.78 is 26.3. The van der Waals surface area contributed by atoms with Gasteiger partial charge in [0, 0.05) is 36.9 Å². The maximum atomic E-state index is 13.3. The molecule has 1 amide bonds. The molecule has 156 valence electrons. The molecule has 2 aromatic carbocycles. The van der Waals surface area contributed by atoms with Crippen LogP contribution in [-0.4, -0.2) is 57.7 Å². The first kappa shape index (κ1) is 21.5. The van der Waals surface area contributed by atoms with Crippen LogP contribution in [0.4, 0.5) is 11.4 Å². The molecule has 1 saturated heterocycles. The van der Waals surface area contributed by atoms with Gasteiger partial charge in [-0.05, 0) is 36.8 Å². The first-order valence-corrected chi connectivity index (χ1v) is 11.9. The molecule has 2 aromatic rings. The van der Waals surface area contributed by atoms with Crippen LogP contribution in [0.5, 0.6) is 0 Å². The van der Waals surface area contributed by atoms with Crippen molar-refractivity contribution in [1.29, 1.82) is 0 Å². The van der Waals surface area contributed by atoms with Crippen LogP contribution in [0.25, 0.3) is 0 Å². The van der Waals surface area contributed by atoms with Gasteiger partial charge < -0.3 is 9.80 Å². The molecular formula is C21H26ClN3O3S. The van der Waals surface area contributed by atoms with E-state index in [2.05, 4.69) is 4.90 Å². The molecule has 0 spiro atoms. The van der Waals surface area contributed by atoms with Crippen LogP contribution >= 0.6 is 11.6 Å². The van der Waals surface area contributed by atoms with Gasteiger partial charge in [-0.2, -0.15) is 0 Å². The number of para-hydroxylation sites is 1. The van der Waals surface area contributed by atoms with Gasteiger partial charge in [-0.3, -0.25) is 9.10 Å². The van der Waals surface area contributed by atoms with Crippen LogP contribution in [0.1, 0.15) is 13.3 Å². The van der Waals surface area contributed by atoms with Gasteiger partial charge in [0.05, 0.1) is 11.9 Å². The second-order valence-corrected chi connectivity index (χ2v) is 9.41. The summed E-state index contributed by atoms with van der Waals surface area (Å²) in [7, 11) is -3.61. The van der Waals surface area contributed by atoms with E-state index in [0.717, 1.165) is 11.9 Å². The molecule has 1 fully saturated rings. The van der Waals surface area contributed by atoms with Crippen molar-refractivity contribution in [1.82, 2.24) is 4.90 Å². The molecule has 0 radical (unpaired) electrons. The van der Waals surface area contributed by atoms with Crippen LogP contribution in [0.15, 0.2) is 54.6 Å². The minimum absolute atomic E-state index is 0.160. The number of halogens is 1. The minimum Gasteiger partial charge on any atom is -0.368 e. The van der Waals surface area contributed by atoms with E-state index in [-0.39, 0.29) is 5.91 Å². The van der Waals surface area contributed by atoms with Crippen LogP contribution < -0.4 is 9.21 Å². The number of sulfonamides is 1. The Morgan fingerprint density at radius 2 is 1.72 bits per heavy atom. The number of amides is 1. The predicted molar refractivity (Wildman–Crippen MR) is 118 cm³/mol. The van der Waals surface area contributed by atoms with Crippen LogP contribution in [0.3, 0.4) is 0 Å². The smallest absolute Gasteiger partial charge is 0.246 e. The predicted octanol–water partition coefficient (Wildman–Crippen LogP) is 3.23. The van der Waals surface area contributed by atoms with Gasteiger partial charge in [0.15, 0.2) is 0 Å². The Bertz CT molecular complexity index is 945. The van der Waals surface area contributed by atoms with Gasteiger partial charge in [0.25, 0.3) is 0 Å². The van der Waals surface area contributed by atoms with Crippen molar-refractivity contribution in [3.05, 3.63) is 59.6 Å². The summed E-state index contributed by atoms with van der Waals surface area (Å²) in [6.07, 6.45) is 1.54. The van der Waals surface area contributed by atoms with Crippen molar-refractivity contribution < 1.29 is 13.2 Å². The molecule has 8 heteroatoms. The van der Waals surface area contributed by atoms with Gasteiger partial charge in [-0.15, -0.1) is 0 Å². The highest BCUT2D eigenvalue weighted by molar-refractivity contribution is 7.92. The first-order valence-electron chi connectivity index (χ1n) is 9.65. The highest BCUT2D eigenvalue weighted by atomic mass is 35.5. The molecule has 1 heterocycles. The Labute approximate surface area is 177 Å². The molecule has 0 bridgehead atoms. The summed E-state index contributed by atoms with van der Waals surface area (Å²) in [4.78, 5) is 17.2. The van der Waals surface area contributed by atoms with Gasteiger partial charge in [-0.1, -0.05) is 42.8 Å². The molecule has 1 aliphatic heterocycles. The number of benzene rings is 2. The average Bonchev–Trinajstić information content (AvgIpc) is 2.71. The van der Waals surface area contributed by atoms with Crippen LogP contribution in [-0.2, 0) is 14.8 Å². The fourth-order valence-corrected chi connectivity index (χ4v) is 5.08. The third-order valence-electron chi connectivity index (χ3n) is 5.09. The largest absolute Gasteiger partial charge is 0.368 e. The number of carbonyl (C=O) groups is 1. The molecule has 0 aliphatic carbocycles. The first-order chi connectivity index (χ1) is 13.8. The van der Waals surface area contributed by atoms with Gasteiger partial charge in [0.2, 0.25) is 15.9 Å². The molecular weight excluding hydrogens is 410 g/mol. The van der Waals surface area contributed by atoms with Crippen molar-refractivity contribution in [2.45, 2.75) is 19.4 Å². The lowest BCUT2D eigenvalue weighted by Gasteiger charge is -2.39. The molecule has 0 saturated carbocycles. The lowest BCUT2D eigenvalue weighted by molar-refractivity contribution is -0.132. The Morgan fingerprint density at radius 1 is 1.07 bits per heavy atom. The SMILES string of the molecule is CCC(C(=O)N1CCN(c2cccc(Cl)c2)CC1)N(c1ccccc1)S(C)(=O)=O. The van der Waals surface area contributed by atoms with E-state index in [9.17, 15) is 13.2 Å². The monoisotopic (exact) mass is 435 g/mol. The number of rotatable bonds is 6. The lowest BCUT2D eigenvalue weighted by atomic mass is 10.1. The van der Waals surface area contributed by atoms with E-state index in [0.29, 0.717) is 43.3 Å². The van der Waals surface area contributed by atoms with E-state index in [1.807, 2.05) is 37.3 Å². The van der Waals surface area contributed by atoms with Crippen molar-refractivity contribution in [2.75, 3.05) is 41.6 Å². The zero-order valence-corrected chi connectivity index (χ0v) is 18.2. The number of hydrogen-bond donors (Lipinski definition) is 0. The topological polar surface area (TPSA) is 60.9 Å². The zero-order valence-electron chi connectivity index (χ0n) is 16.7. The van der Waals surface area contributed by atoms with E-state index < -0.39 is 16.1 Å². The number of piperazine rings is 1. The number of anilines is 2. The van der Waals surface area contributed by atoms with Crippen molar-refractivity contribution >= 4 is 38.9 Å². The van der Waals surface area contributed by atoms with Crippen molar-refractivity contribution in [3.63, 3.8) is 0 Å². The Balaban J connectivity index is 1.76. The molecule has 3 rings (SSSR count). The Morgan fingerprint density at radius 3 is 2.28 bits per heavy atom. The summed E-state index contributed by atoms with van der Waals surface area (Å²) in [6, 6.07) is 15.7. The number of hydrogen-bond acceptors (Lipinski definition) is 4. The second-order valence-electron chi connectivity index (χ2n) is 7.11. The highest BCUT2D eigenvalue weighted by Crippen LogP contribution is 2.25. The lowest BCUT2D eigenvalue weighted by Crippen LogP contribution is -2.56. The Kier molecular flexibility index (Phi) is 6.70. The minimum atomic E-state index is -3.61. The summed E-state index contributed by atoms with van der Waals surface area (Å²) >= 11 is 6.09. The van der Waals surface area contributed by atoms with Crippen molar-refractivity contribution in [2.24, 2.45) is 0 Å². The molecule has 1 unspecified atom stereocenters. The standard InChI is InChI=1S/C21H26ClN3O3S/c1-3-20(25(29(2,27)28)18-9-5-4-6-10-18)21(26)24-14-12-23(13-15-24)19-11-7-8-17(22)16-19/h4-11,16,20H,3,12-15H2,1-2H3. The van der Waals surface area contributed by atoms with E-state index in [1.165, 1.54) is 4.31 Å². The molecule has 0 aromatic heterocycles. The molecule has 29 heavy (non-hydrogen) atoms. The van der Waals surface area contributed by atoms with Crippen molar-refractivity contribution in [3.8, 4) is 0 Å². The van der Waals surface area contributed by atoms with E-state index in [4.69, 9.17) is 11.6 Å². The normalized spacial score (nSPS) is 15.8. The third kappa shape index (κ3) is 5.03.